The summed E-state index contributed by atoms with van der Waals surface area (Å²) >= 11 is 6.94. The summed E-state index contributed by atoms with van der Waals surface area (Å²) in [5.74, 6) is 0. The molecule has 0 radical (unpaired) electrons. The van der Waals surface area contributed by atoms with Crippen LogP contribution < -0.4 is 0 Å². The predicted octanol–water partition coefficient (Wildman–Crippen LogP) is 5.18. The Morgan fingerprint density at radius 2 is 1.38 bits per heavy atom. The molecule has 13 heavy (non-hydrogen) atoms. The normalized spacial score (nSPS) is 14.3. The van der Waals surface area contributed by atoms with Crippen molar-refractivity contribution in [3.8, 4) is 0 Å². The third kappa shape index (κ3) is 2.30. The molecule has 0 saturated heterocycles. The van der Waals surface area contributed by atoms with Crippen molar-refractivity contribution in [2.24, 2.45) is 0 Å². The topological polar surface area (TPSA) is 0 Å². The van der Waals surface area contributed by atoms with Gasteiger partial charge in [-0.2, -0.15) is 11.1 Å². The Kier molecular flexibility index (Phi) is 4.52. The molecule has 0 rings (SSSR count). The van der Waals surface area contributed by atoms with E-state index in [1.165, 1.54) is 6.42 Å². The van der Waals surface area contributed by atoms with Gasteiger partial charge in [-0.15, -0.1) is 0 Å². The van der Waals surface area contributed by atoms with Crippen LogP contribution in [0.15, 0.2) is 0 Å². The van der Waals surface area contributed by atoms with Crippen molar-refractivity contribution in [1.82, 2.24) is 0 Å². The molecule has 0 aromatic rings. The summed E-state index contributed by atoms with van der Waals surface area (Å²) < 4.78 is 0. The fourth-order valence-electron chi connectivity index (χ4n) is 2.50. The monoisotopic (exact) mass is 220 g/mol. The zero-order valence-electron chi connectivity index (χ0n) is 10.2. The van der Waals surface area contributed by atoms with Gasteiger partial charge < -0.3 is 0 Å². The summed E-state index contributed by atoms with van der Waals surface area (Å²) in [5.41, 5.74) is 1.31. The van der Waals surface area contributed by atoms with E-state index in [0.29, 0.717) is 16.1 Å². The minimum absolute atomic E-state index is 0.344. The molecular weight excluding hydrogens is 196 g/mol. The summed E-state index contributed by atoms with van der Waals surface area (Å²) in [4.78, 5) is 0. The first-order chi connectivity index (χ1) is 5.70. The van der Waals surface area contributed by atoms with Gasteiger partial charge in [0.05, 0.1) is 0 Å². The molecule has 0 unspecified atom stereocenters. The van der Waals surface area contributed by atoms with Crippen molar-refractivity contribution in [1.29, 1.82) is 0 Å². The van der Waals surface area contributed by atoms with Crippen molar-refractivity contribution < 1.29 is 0 Å². The number of hydrogen-bond acceptors (Lipinski definition) is 0. The lowest BCUT2D eigenvalue weighted by Gasteiger charge is -2.45. The molecule has 0 aliphatic heterocycles. The summed E-state index contributed by atoms with van der Waals surface area (Å²) in [6, 6.07) is 0. The minimum atomic E-state index is -1.66. The van der Waals surface area contributed by atoms with Crippen LogP contribution in [0, 0.1) is 0 Å². The molecule has 0 aromatic carbocycles. The van der Waals surface area contributed by atoms with E-state index >= 15 is 0 Å². The minimum Gasteiger partial charge on any atom is -0.166 e. The van der Waals surface area contributed by atoms with Crippen LogP contribution in [-0.2, 0) is 0 Å². The van der Waals surface area contributed by atoms with E-state index in [0.717, 1.165) is 0 Å². The second kappa shape index (κ2) is 4.35. The zero-order chi connectivity index (χ0) is 10.9. The Morgan fingerprint density at radius 3 is 1.46 bits per heavy atom. The highest BCUT2D eigenvalue weighted by Crippen LogP contribution is 2.54. The highest BCUT2D eigenvalue weighted by Gasteiger charge is 2.49. The van der Waals surface area contributed by atoms with E-state index in [1.54, 1.807) is 0 Å². The van der Waals surface area contributed by atoms with Gasteiger partial charge in [-0.25, -0.2) is 0 Å². The molecule has 0 saturated carbocycles. The SMILES string of the molecule is CCC(C)(C)[Si](Cl)(C(C)C)C(C)C. The lowest BCUT2D eigenvalue weighted by atomic mass is 10.1. The van der Waals surface area contributed by atoms with Gasteiger partial charge in [0, 0.05) is 0 Å². The van der Waals surface area contributed by atoms with Crippen molar-refractivity contribution in [2.75, 3.05) is 0 Å². The smallest absolute Gasteiger partial charge is 0.166 e. The molecule has 0 fully saturated rings. The number of hydrogen-bond donors (Lipinski definition) is 0. The van der Waals surface area contributed by atoms with Gasteiger partial charge in [0.1, 0.15) is 0 Å². The van der Waals surface area contributed by atoms with Crippen LogP contribution >= 0.6 is 11.1 Å². The third-order valence-corrected chi connectivity index (χ3v) is 13.5. The Morgan fingerprint density at radius 1 is 1.08 bits per heavy atom. The first-order valence-corrected chi connectivity index (χ1v) is 8.55. The molecule has 0 nitrogen and oxygen atoms in total. The molecule has 0 spiro atoms. The Hall–Kier alpha value is 0.507. The molecule has 2 heteroatoms. The van der Waals surface area contributed by atoms with Gasteiger partial charge in [-0.05, 0) is 16.1 Å². The second-order valence-corrected chi connectivity index (χ2v) is 12.4. The molecule has 0 atom stereocenters. The van der Waals surface area contributed by atoms with Gasteiger partial charge in [0.2, 0.25) is 0 Å². The zero-order valence-corrected chi connectivity index (χ0v) is 12.0. The average Bonchev–Trinajstić information content (AvgIpc) is 2.01. The van der Waals surface area contributed by atoms with Crippen LogP contribution in [0.1, 0.15) is 54.9 Å². The number of rotatable bonds is 4. The Balaban J connectivity index is 5.01. The summed E-state index contributed by atoms with van der Waals surface area (Å²) in [5, 5.41) is 0.344. The van der Waals surface area contributed by atoms with Crippen LogP contribution in [-0.4, -0.2) is 7.38 Å². The quantitative estimate of drug-likeness (QED) is 0.453. The van der Waals surface area contributed by atoms with Gasteiger partial charge in [-0.1, -0.05) is 54.9 Å². The average molecular weight is 221 g/mol. The van der Waals surface area contributed by atoms with Crippen molar-refractivity contribution in [3.63, 3.8) is 0 Å². The highest BCUT2D eigenvalue weighted by atomic mass is 35.6. The lowest BCUT2D eigenvalue weighted by Crippen LogP contribution is -2.45. The molecule has 0 aromatic heterocycles. The Bertz CT molecular complexity index is 153. The van der Waals surface area contributed by atoms with Crippen LogP contribution in [0.25, 0.3) is 0 Å². The first kappa shape index (κ1) is 13.5. The maximum atomic E-state index is 6.94. The first-order valence-electron chi connectivity index (χ1n) is 5.39. The maximum absolute atomic E-state index is 6.94. The standard InChI is InChI=1S/C11H25ClSi/c1-8-11(6,7)13(12,9(2)3)10(4)5/h9-10H,8H2,1-7H3. The number of halogens is 1. The van der Waals surface area contributed by atoms with Crippen LogP contribution in [0.5, 0.6) is 0 Å². The van der Waals surface area contributed by atoms with E-state index in [2.05, 4.69) is 48.5 Å². The van der Waals surface area contributed by atoms with Gasteiger partial charge >= 0.3 is 0 Å². The van der Waals surface area contributed by atoms with Gasteiger partial charge in [0.25, 0.3) is 0 Å². The van der Waals surface area contributed by atoms with Crippen molar-refractivity contribution in [2.45, 2.75) is 71.0 Å². The fourth-order valence-corrected chi connectivity index (χ4v) is 7.90. The van der Waals surface area contributed by atoms with E-state index in [9.17, 15) is 0 Å². The summed E-state index contributed by atoms with van der Waals surface area (Å²) in [6.07, 6.45) is 1.19. The van der Waals surface area contributed by atoms with E-state index in [-0.39, 0.29) is 0 Å². The van der Waals surface area contributed by atoms with Crippen molar-refractivity contribution in [3.05, 3.63) is 0 Å². The predicted molar refractivity (Wildman–Crippen MR) is 66.1 cm³/mol. The molecular formula is C11H25ClSi. The fraction of sp³-hybridized carbons (Fsp3) is 1.00. The second-order valence-electron chi connectivity index (χ2n) is 5.31. The lowest BCUT2D eigenvalue weighted by molar-refractivity contribution is 0.597. The van der Waals surface area contributed by atoms with Crippen molar-refractivity contribution >= 4 is 18.5 Å². The third-order valence-electron chi connectivity index (χ3n) is 3.60. The molecule has 0 aliphatic rings. The Labute approximate surface area is 89.8 Å². The summed E-state index contributed by atoms with van der Waals surface area (Å²) in [6.45, 7) is 16.1. The molecule has 0 heterocycles. The molecule has 80 valence electrons. The highest BCUT2D eigenvalue weighted by molar-refractivity contribution is 7.23. The molecule has 0 N–H and O–H groups in total. The molecule has 0 amide bonds. The van der Waals surface area contributed by atoms with E-state index < -0.39 is 7.38 Å². The van der Waals surface area contributed by atoms with E-state index in [1.807, 2.05) is 0 Å². The largest absolute Gasteiger partial charge is 0.167 e. The van der Waals surface area contributed by atoms with Crippen LogP contribution in [0.4, 0.5) is 0 Å². The van der Waals surface area contributed by atoms with Crippen LogP contribution in [0.3, 0.4) is 0 Å². The molecule has 0 bridgehead atoms. The van der Waals surface area contributed by atoms with E-state index in [4.69, 9.17) is 11.1 Å². The van der Waals surface area contributed by atoms with Crippen LogP contribution in [0.2, 0.25) is 16.1 Å². The van der Waals surface area contributed by atoms with Gasteiger partial charge in [0.15, 0.2) is 7.38 Å². The van der Waals surface area contributed by atoms with Gasteiger partial charge in [-0.3, -0.25) is 0 Å². The molecule has 0 aliphatic carbocycles. The summed E-state index contributed by atoms with van der Waals surface area (Å²) in [7, 11) is -1.66. The maximum Gasteiger partial charge on any atom is 0.167 e.